The Kier molecular flexibility index (Phi) is 5.63. The molecule has 0 saturated heterocycles. The molecule has 3 N–H and O–H groups in total. The van der Waals surface area contributed by atoms with Crippen molar-refractivity contribution >= 4 is 24.0 Å². The molecule has 2 rings (SSSR count). The normalized spacial score (nSPS) is 11.7. The van der Waals surface area contributed by atoms with Gasteiger partial charge in [-0.1, -0.05) is 48.0 Å². The first-order valence-corrected chi connectivity index (χ1v) is 5.80. The van der Waals surface area contributed by atoms with Gasteiger partial charge in [0.15, 0.2) is 0 Å². The van der Waals surface area contributed by atoms with Gasteiger partial charge in [-0.15, -0.1) is 12.4 Å². The lowest BCUT2D eigenvalue weighted by Crippen LogP contribution is -2.14. The third-order valence-electron chi connectivity index (χ3n) is 2.77. The van der Waals surface area contributed by atoms with Gasteiger partial charge in [0.25, 0.3) is 0 Å². The number of hydrogen-bond acceptors (Lipinski definition) is 2. The maximum atomic E-state index is 9.31. The van der Waals surface area contributed by atoms with Crippen LogP contribution in [0.15, 0.2) is 48.5 Å². The van der Waals surface area contributed by atoms with E-state index in [9.17, 15) is 5.11 Å². The summed E-state index contributed by atoms with van der Waals surface area (Å²) in [5, 5.41) is 9.93. The molecule has 0 amide bonds. The molecular weight excluding hydrogens is 269 g/mol. The van der Waals surface area contributed by atoms with E-state index < -0.39 is 0 Å². The van der Waals surface area contributed by atoms with Gasteiger partial charge in [0, 0.05) is 5.02 Å². The van der Waals surface area contributed by atoms with E-state index in [1.54, 1.807) is 12.1 Å². The van der Waals surface area contributed by atoms with E-state index in [0.29, 0.717) is 5.02 Å². The molecule has 96 valence electrons. The van der Waals surface area contributed by atoms with Gasteiger partial charge in [-0.3, -0.25) is 0 Å². The van der Waals surface area contributed by atoms with E-state index in [-0.39, 0.29) is 25.1 Å². The van der Waals surface area contributed by atoms with Crippen LogP contribution in [0.5, 0.6) is 0 Å². The van der Waals surface area contributed by atoms with Crippen molar-refractivity contribution in [2.24, 2.45) is 5.73 Å². The summed E-state index contributed by atoms with van der Waals surface area (Å²) in [5.41, 5.74) is 8.87. The lowest BCUT2D eigenvalue weighted by molar-refractivity contribution is 0.280. The summed E-state index contributed by atoms with van der Waals surface area (Å²) >= 11 is 5.97. The first kappa shape index (κ1) is 15.0. The molecule has 4 heteroatoms. The monoisotopic (exact) mass is 283 g/mol. The van der Waals surface area contributed by atoms with Crippen LogP contribution in [0.25, 0.3) is 0 Å². The second kappa shape index (κ2) is 6.76. The van der Waals surface area contributed by atoms with E-state index in [0.717, 1.165) is 16.7 Å². The van der Waals surface area contributed by atoms with Gasteiger partial charge in [0.2, 0.25) is 0 Å². The summed E-state index contributed by atoms with van der Waals surface area (Å²) in [4.78, 5) is 0. The fraction of sp³-hybridized carbons (Fsp3) is 0.143. The maximum Gasteiger partial charge on any atom is 0.0685 e. The summed E-state index contributed by atoms with van der Waals surface area (Å²) in [5.74, 6) is 0. The first-order chi connectivity index (χ1) is 8.22. The molecule has 0 aromatic heterocycles. The zero-order chi connectivity index (χ0) is 12.3. The number of benzene rings is 2. The SMILES string of the molecule is Cl.NC(c1ccccc1)c1cc(Cl)ccc1CO. The van der Waals surface area contributed by atoms with Crippen LogP contribution in [0, 0.1) is 0 Å². The molecule has 0 heterocycles. The molecule has 0 aliphatic rings. The average molecular weight is 284 g/mol. The van der Waals surface area contributed by atoms with Gasteiger partial charge in [0.05, 0.1) is 12.6 Å². The van der Waals surface area contributed by atoms with Crippen LogP contribution < -0.4 is 5.73 Å². The van der Waals surface area contributed by atoms with Gasteiger partial charge in [-0.2, -0.15) is 0 Å². The third-order valence-corrected chi connectivity index (χ3v) is 3.01. The van der Waals surface area contributed by atoms with Gasteiger partial charge >= 0.3 is 0 Å². The van der Waals surface area contributed by atoms with Gasteiger partial charge in [0.1, 0.15) is 0 Å². The van der Waals surface area contributed by atoms with Gasteiger partial charge in [-0.25, -0.2) is 0 Å². The molecule has 1 atom stereocenters. The molecule has 2 aromatic carbocycles. The fourth-order valence-corrected chi connectivity index (χ4v) is 2.02. The minimum atomic E-state index is -0.267. The largest absolute Gasteiger partial charge is 0.392 e. The molecule has 2 nitrogen and oxygen atoms in total. The lowest BCUT2D eigenvalue weighted by atomic mass is 9.95. The molecule has 0 bridgehead atoms. The standard InChI is InChI=1S/C14H14ClNO.ClH/c15-12-7-6-11(9-17)13(8-12)14(16)10-4-2-1-3-5-10;/h1-8,14,17H,9,16H2;1H. The number of hydrogen-bond donors (Lipinski definition) is 2. The van der Waals surface area contributed by atoms with Crippen LogP contribution in [0.1, 0.15) is 22.7 Å². The maximum absolute atomic E-state index is 9.31. The van der Waals surface area contributed by atoms with Crippen LogP contribution in [0.2, 0.25) is 5.02 Å². The Morgan fingerprint density at radius 3 is 2.39 bits per heavy atom. The van der Waals surface area contributed by atoms with Crippen molar-refractivity contribution in [1.82, 2.24) is 0 Å². The molecular formula is C14H15Cl2NO. The Labute approximate surface area is 118 Å². The predicted molar refractivity (Wildman–Crippen MR) is 77.1 cm³/mol. The van der Waals surface area contributed by atoms with E-state index in [2.05, 4.69) is 0 Å². The molecule has 0 fully saturated rings. The molecule has 0 saturated carbocycles. The summed E-state index contributed by atoms with van der Waals surface area (Å²) in [7, 11) is 0. The minimum Gasteiger partial charge on any atom is -0.392 e. The van der Waals surface area contributed by atoms with E-state index in [4.69, 9.17) is 17.3 Å². The van der Waals surface area contributed by atoms with Gasteiger partial charge < -0.3 is 10.8 Å². The Morgan fingerprint density at radius 1 is 1.11 bits per heavy atom. The highest BCUT2D eigenvalue weighted by atomic mass is 35.5. The number of aliphatic hydroxyl groups is 1. The molecule has 1 unspecified atom stereocenters. The van der Waals surface area contributed by atoms with E-state index >= 15 is 0 Å². The van der Waals surface area contributed by atoms with E-state index in [1.807, 2.05) is 36.4 Å². The van der Waals surface area contributed by atoms with Crippen molar-refractivity contribution in [3.05, 3.63) is 70.2 Å². The molecule has 0 aliphatic carbocycles. The topological polar surface area (TPSA) is 46.2 Å². The molecule has 18 heavy (non-hydrogen) atoms. The van der Waals surface area contributed by atoms with Crippen LogP contribution in [-0.4, -0.2) is 5.11 Å². The Bertz CT molecular complexity index is 502. The highest BCUT2D eigenvalue weighted by Gasteiger charge is 2.13. The van der Waals surface area contributed by atoms with Gasteiger partial charge in [-0.05, 0) is 28.8 Å². The molecule has 2 aromatic rings. The smallest absolute Gasteiger partial charge is 0.0685 e. The highest BCUT2D eigenvalue weighted by Crippen LogP contribution is 2.25. The molecule has 0 radical (unpaired) electrons. The summed E-state index contributed by atoms with van der Waals surface area (Å²) in [6, 6.07) is 14.9. The summed E-state index contributed by atoms with van der Waals surface area (Å²) in [6.07, 6.45) is 0. The number of nitrogens with two attached hydrogens (primary N) is 1. The third kappa shape index (κ3) is 3.24. The van der Waals surface area contributed by atoms with Crippen LogP contribution in [-0.2, 0) is 6.61 Å². The van der Waals surface area contributed by atoms with Crippen molar-refractivity contribution in [1.29, 1.82) is 0 Å². The average Bonchev–Trinajstić information content (AvgIpc) is 2.39. The first-order valence-electron chi connectivity index (χ1n) is 5.42. The van der Waals surface area contributed by atoms with Crippen molar-refractivity contribution < 1.29 is 5.11 Å². The Morgan fingerprint density at radius 2 is 1.78 bits per heavy atom. The Hall–Kier alpha value is -1.06. The second-order valence-electron chi connectivity index (χ2n) is 3.89. The van der Waals surface area contributed by atoms with Crippen molar-refractivity contribution in [3.63, 3.8) is 0 Å². The number of rotatable bonds is 3. The molecule has 0 spiro atoms. The van der Waals surface area contributed by atoms with Crippen LogP contribution in [0.3, 0.4) is 0 Å². The van der Waals surface area contributed by atoms with Crippen molar-refractivity contribution in [3.8, 4) is 0 Å². The Balaban J connectivity index is 0.00000162. The highest BCUT2D eigenvalue weighted by molar-refractivity contribution is 6.30. The minimum absolute atomic E-state index is 0. The zero-order valence-corrected chi connectivity index (χ0v) is 11.3. The molecule has 0 aliphatic heterocycles. The fourth-order valence-electron chi connectivity index (χ4n) is 1.84. The van der Waals surface area contributed by atoms with Crippen molar-refractivity contribution in [2.75, 3.05) is 0 Å². The number of aliphatic hydroxyl groups excluding tert-OH is 1. The lowest BCUT2D eigenvalue weighted by Gasteiger charge is -2.16. The van der Waals surface area contributed by atoms with E-state index in [1.165, 1.54) is 0 Å². The second-order valence-corrected chi connectivity index (χ2v) is 4.33. The van der Waals surface area contributed by atoms with Crippen LogP contribution in [0.4, 0.5) is 0 Å². The zero-order valence-electron chi connectivity index (χ0n) is 9.71. The summed E-state index contributed by atoms with van der Waals surface area (Å²) in [6.45, 7) is -0.0347. The van der Waals surface area contributed by atoms with Crippen LogP contribution >= 0.6 is 24.0 Å². The van der Waals surface area contributed by atoms with Crippen molar-refractivity contribution in [2.45, 2.75) is 12.6 Å². The summed E-state index contributed by atoms with van der Waals surface area (Å²) < 4.78 is 0. The predicted octanol–water partition coefficient (Wildman–Crippen LogP) is 3.30. The number of halogens is 2. The quantitative estimate of drug-likeness (QED) is 0.908.